The van der Waals surface area contributed by atoms with Gasteiger partial charge in [0.25, 0.3) is 0 Å². The smallest absolute Gasteiger partial charge is 0.0443 e. The molecule has 1 aromatic carbocycles. The van der Waals surface area contributed by atoms with Crippen molar-refractivity contribution in [2.75, 3.05) is 37.6 Å². The van der Waals surface area contributed by atoms with Gasteiger partial charge in [-0.15, -0.1) is 0 Å². The number of hydrogen-bond donors (Lipinski definition) is 0. The number of piperazine rings is 1. The largest absolute Gasteiger partial charge is 0.368 e. The average Bonchev–Trinajstić information content (AvgIpc) is 2.64. The van der Waals surface area contributed by atoms with E-state index in [0.29, 0.717) is 0 Å². The molecule has 3 rings (SSSR count). The molecule has 0 N–H and O–H groups in total. The third-order valence-electron chi connectivity index (χ3n) is 6.34. The van der Waals surface area contributed by atoms with Gasteiger partial charge in [0.05, 0.1) is 0 Å². The second-order valence-corrected chi connectivity index (χ2v) is 8.25. The summed E-state index contributed by atoms with van der Waals surface area (Å²) in [7, 11) is 0. The quantitative estimate of drug-likeness (QED) is 0.711. The van der Waals surface area contributed by atoms with Crippen LogP contribution in [0.4, 0.5) is 5.69 Å². The van der Waals surface area contributed by atoms with Crippen molar-refractivity contribution in [1.29, 1.82) is 0 Å². The number of rotatable bonds is 5. The van der Waals surface area contributed by atoms with Crippen LogP contribution in [-0.4, -0.2) is 37.6 Å². The van der Waals surface area contributed by atoms with Gasteiger partial charge in [0, 0.05) is 37.4 Å². The first-order valence-electron chi connectivity index (χ1n) is 10.4. The first kappa shape index (κ1) is 18.5. The SMILES string of the molecule is C/C=C\c1c(C)cccc1N1CCN(CC[C@H]2CC[C@H](C)CC2)CC1. The molecule has 2 aliphatic rings. The van der Waals surface area contributed by atoms with Crippen molar-refractivity contribution in [1.82, 2.24) is 4.90 Å². The molecule has 1 saturated heterocycles. The molecule has 0 radical (unpaired) electrons. The molecular weight excluding hydrogens is 304 g/mol. The Kier molecular flexibility index (Phi) is 6.58. The minimum Gasteiger partial charge on any atom is -0.368 e. The fourth-order valence-electron chi connectivity index (χ4n) is 4.52. The maximum Gasteiger partial charge on any atom is 0.0443 e. The van der Waals surface area contributed by atoms with Crippen molar-refractivity contribution >= 4 is 11.8 Å². The lowest BCUT2D eigenvalue weighted by Gasteiger charge is -2.38. The van der Waals surface area contributed by atoms with E-state index in [2.05, 4.69) is 60.9 Å². The maximum absolute atomic E-state index is 2.69. The number of benzene rings is 1. The van der Waals surface area contributed by atoms with E-state index in [-0.39, 0.29) is 0 Å². The number of aryl methyl sites for hydroxylation is 1. The molecule has 0 aromatic heterocycles. The van der Waals surface area contributed by atoms with Crippen LogP contribution in [0.5, 0.6) is 0 Å². The van der Waals surface area contributed by atoms with Gasteiger partial charge in [-0.1, -0.05) is 56.9 Å². The predicted octanol–water partition coefficient (Wildman–Crippen LogP) is 5.37. The van der Waals surface area contributed by atoms with Gasteiger partial charge in [-0.05, 0) is 50.3 Å². The van der Waals surface area contributed by atoms with E-state index in [0.717, 1.165) is 24.9 Å². The molecule has 0 spiro atoms. The van der Waals surface area contributed by atoms with Crippen molar-refractivity contribution in [3.8, 4) is 0 Å². The van der Waals surface area contributed by atoms with E-state index in [1.54, 1.807) is 0 Å². The molecule has 25 heavy (non-hydrogen) atoms. The Morgan fingerprint density at radius 2 is 1.76 bits per heavy atom. The summed E-state index contributed by atoms with van der Waals surface area (Å²) in [6.07, 6.45) is 11.7. The maximum atomic E-state index is 2.69. The predicted molar refractivity (Wildman–Crippen MR) is 110 cm³/mol. The standard InChI is InChI=1S/C23H36N2/c1-4-6-22-20(3)7-5-8-23(22)25-17-15-24(16-18-25)14-13-21-11-9-19(2)10-12-21/h4-8,19,21H,9-18H2,1-3H3/b6-4-/t19-,21-. The molecule has 0 bridgehead atoms. The van der Waals surface area contributed by atoms with Gasteiger partial charge in [-0.2, -0.15) is 0 Å². The van der Waals surface area contributed by atoms with Crippen LogP contribution in [0.25, 0.3) is 6.08 Å². The number of anilines is 1. The molecule has 1 aromatic rings. The first-order chi connectivity index (χ1) is 12.2. The van der Waals surface area contributed by atoms with Gasteiger partial charge >= 0.3 is 0 Å². The van der Waals surface area contributed by atoms with E-state index >= 15 is 0 Å². The summed E-state index contributed by atoms with van der Waals surface area (Å²) in [6, 6.07) is 6.72. The summed E-state index contributed by atoms with van der Waals surface area (Å²) >= 11 is 0. The Labute approximate surface area is 154 Å². The van der Waals surface area contributed by atoms with Crippen molar-refractivity contribution in [3.63, 3.8) is 0 Å². The van der Waals surface area contributed by atoms with E-state index in [1.807, 2.05) is 0 Å². The summed E-state index contributed by atoms with van der Waals surface area (Å²) in [5.41, 5.74) is 4.19. The van der Waals surface area contributed by atoms with Gasteiger partial charge < -0.3 is 4.90 Å². The fourth-order valence-corrected chi connectivity index (χ4v) is 4.52. The van der Waals surface area contributed by atoms with Gasteiger partial charge in [0.1, 0.15) is 0 Å². The molecule has 2 fully saturated rings. The minimum absolute atomic E-state index is 0.973. The zero-order valence-corrected chi connectivity index (χ0v) is 16.5. The Hall–Kier alpha value is -1.28. The van der Waals surface area contributed by atoms with Crippen LogP contribution in [0.3, 0.4) is 0 Å². The molecule has 1 aliphatic carbocycles. The van der Waals surface area contributed by atoms with E-state index < -0.39 is 0 Å². The fraction of sp³-hybridized carbons (Fsp3) is 0.652. The highest BCUT2D eigenvalue weighted by molar-refractivity contribution is 5.70. The van der Waals surface area contributed by atoms with E-state index in [1.165, 1.54) is 68.6 Å². The molecule has 0 amide bonds. The molecule has 1 aliphatic heterocycles. The molecule has 138 valence electrons. The zero-order chi connectivity index (χ0) is 17.6. The molecule has 2 nitrogen and oxygen atoms in total. The van der Waals surface area contributed by atoms with Crippen molar-refractivity contribution in [2.45, 2.75) is 52.9 Å². The second kappa shape index (κ2) is 8.89. The van der Waals surface area contributed by atoms with Crippen LogP contribution in [0, 0.1) is 18.8 Å². The van der Waals surface area contributed by atoms with Crippen molar-refractivity contribution < 1.29 is 0 Å². The third kappa shape index (κ3) is 4.88. The first-order valence-corrected chi connectivity index (χ1v) is 10.4. The van der Waals surface area contributed by atoms with E-state index in [4.69, 9.17) is 0 Å². The highest BCUT2D eigenvalue weighted by atomic mass is 15.3. The van der Waals surface area contributed by atoms with Gasteiger partial charge in [0.2, 0.25) is 0 Å². The lowest BCUT2D eigenvalue weighted by molar-refractivity contribution is 0.208. The van der Waals surface area contributed by atoms with Gasteiger partial charge in [0.15, 0.2) is 0 Å². The second-order valence-electron chi connectivity index (χ2n) is 8.25. The summed E-state index contributed by atoms with van der Waals surface area (Å²) < 4.78 is 0. The number of nitrogens with zero attached hydrogens (tertiary/aromatic N) is 2. The lowest BCUT2D eigenvalue weighted by Crippen LogP contribution is -2.47. The van der Waals surface area contributed by atoms with Crippen molar-refractivity contribution in [3.05, 3.63) is 35.4 Å². The van der Waals surface area contributed by atoms with Gasteiger partial charge in [-0.25, -0.2) is 0 Å². The normalized spacial score (nSPS) is 25.6. The zero-order valence-electron chi connectivity index (χ0n) is 16.5. The summed E-state index contributed by atoms with van der Waals surface area (Å²) in [6.45, 7) is 12.8. The molecule has 1 saturated carbocycles. The Bertz CT molecular complexity index is 561. The molecule has 2 heteroatoms. The van der Waals surface area contributed by atoms with Crippen molar-refractivity contribution in [2.24, 2.45) is 11.8 Å². The third-order valence-corrected chi connectivity index (χ3v) is 6.34. The van der Waals surface area contributed by atoms with E-state index in [9.17, 15) is 0 Å². The van der Waals surface area contributed by atoms with Crippen LogP contribution in [0.15, 0.2) is 24.3 Å². The summed E-state index contributed by atoms with van der Waals surface area (Å²) in [5.74, 6) is 1.97. The Balaban J connectivity index is 1.50. The topological polar surface area (TPSA) is 6.48 Å². The van der Waals surface area contributed by atoms with Gasteiger partial charge in [-0.3, -0.25) is 4.90 Å². The average molecular weight is 341 g/mol. The number of allylic oxidation sites excluding steroid dienone is 1. The Morgan fingerprint density at radius 3 is 2.44 bits per heavy atom. The molecule has 1 heterocycles. The van der Waals surface area contributed by atoms with Crippen LogP contribution in [0.1, 0.15) is 57.1 Å². The Morgan fingerprint density at radius 1 is 1.04 bits per heavy atom. The van der Waals surface area contributed by atoms with Crippen LogP contribution >= 0.6 is 0 Å². The monoisotopic (exact) mass is 340 g/mol. The van der Waals surface area contributed by atoms with Crippen LogP contribution < -0.4 is 4.90 Å². The van der Waals surface area contributed by atoms with Crippen LogP contribution in [0.2, 0.25) is 0 Å². The highest BCUT2D eigenvalue weighted by Crippen LogP contribution is 2.31. The molecule has 0 atom stereocenters. The highest BCUT2D eigenvalue weighted by Gasteiger charge is 2.22. The lowest BCUT2D eigenvalue weighted by atomic mass is 9.81. The summed E-state index contributed by atoms with van der Waals surface area (Å²) in [5, 5.41) is 0. The summed E-state index contributed by atoms with van der Waals surface area (Å²) in [4.78, 5) is 5.28. The number of hydrogen-bond acceptors (Lipinski definition) is 2. The van der Waals surface area contributed by atoms with Crippen LogP contribution in [-0.2, 0) is 0 Å². The minimum atomic E-state index is 0.973. The molecule has 0 unspecified atom stereocenters. The molecular formula is C23H36N2.